The Morgan fingerprint density at radius 2 is 1.07 bits per heavy atom. The zero-order valence-corrected chi connectivity index (χ0v) is 45.5. The number of carbonyl (C=O) groups excluding carboxylic acids is 4. The van der Waals surface area contributed by atoms with Gasteiger partial charge < -0.3 is 44.9 Å². The maximum Gasteiger partial charge on any atom is 0.320 e. The molecule has 1 heterocycles. The maximum absolute atomic E-state index is 12.5. The highest BCUT2D eigenvalue weighted by Crippen LogP contribution is 2.63. The van der Waals surface area contributed by atoms with Crippen molar-refractivity contribution in [3.63, 3.8) is 0 Å². The molecular formula is C46H81N3O14S6. The molecule has 6 N–H and O–H groups in total. The number of aliphatic carboxylic acids is 3. The molecule has 1 rings (SSSR count). The number of hydrogen-bond donors (Lipinski definition) is 6. The van der Waals surface area contributed by atoms with Gasteiger partial charge in [0.15, 0.2) is 5.78 Å². The van der Waals surface area contributed by atoms with Gasteiger partial charge in [-0.05, 0) is 51.2 Å². The van der Waals surface area contributed by atoms with Crippen molar-refractivity contribution in [1.82, 2.24) is 16.0 Å². The lowest BCUT2D eigenvalue weighted by Crippen LogP contribution is -2.40. The molecule has 0 radical (unpaired) electrons. The lowest BCUT2D eigenvalue weighted by atomic mass is 9.94. The molecule has 0 bridgehead atoms. The number of carbonyl (C=O) groups is 7. The zero-order valence-electron chi connectivity index (χ0n) is 40.6. The molecule has 1 fully saturated rings. The first-order valence-corrected chi connectivity index (χ1v) is 31.7. The monoisotopic (exact) mass is 1090 g/mol. The fraction of sp³-hybridized carbons (Fsp3) is 0.848. The standard InChI is InChI=1S/C46H81N3O14S6/c1-64-65-45(66-67-46-68-69-46)49-39(44(58)59)21-16-17-25-47-41(53)35-63-32-29-60-27-18-20-38(51)34-62-31-30-61-28-26-48-40(52)24-23-36(43(56)57)33-37(50)19-14-12-10-8-6-4-2-3-5-7-9-11-13-15-22-42(54)55/h36,39,45-46,49H,2-35H2,1H3,(H,47,53)(H,48,52)(H,54,55)(H,56,57)(H,58,59)/t36-,39+,45?/m1/s1. The summed E-state index contributed by atoms with van der Waals surface area (Å²) in [6.45, 7) is 2.03. The predicted molar refractivity (Wildman–Crippen MR) is 282 cm³/mol. The highest BCUT2D eigenvalue weighted by Gasteiger charge is 2.29. The molecular weight excluding hydrogens is 1010 g/mol. The van der Waals surface area contributed by atoms with Crippen LogP contribution in [0.15, 0.2) is 0 Å². The van der Waals surface area contributed by atoms with Crippen molar-refractivity contribution < 1.29 is 67.8 Å². The highest BCUT2D eigenvalue weighted by atomic mass is 33.2. The molecule has 3 atom stereocenters. The molecule has 1 aliphatic heterocycles. The Morgan fingerprint density at radius 3 is 1.65 bits per heavy atom. The smallest absolute Gasteiger partial charge is 0.320 e. The fourth-order valence-corrected chi connectivity index (χ4v) is 15.4. The molecule has 0 aliphatic carbocycles. The summed E-state index contributed by atoms with van der Waals surface area (Å²) in [6, 6.07) is -0.657. The van der Waals surface area contributed by atoms with E-state index in [-0.39, 0.29) is 113 Å². The molecule has 1 aliphatic rings. The summed E-state index contributed by atoms with van der Waals surface area (Å²) in [5.41, 5.74) is 0. The van der Waals surface area contributed by atoms with Gasteiger partial charge in [-0.2, -0.15) is 0 Å². The summed E-state index contributed by atoms with van der Waals surface area (Å²) in [7, 11) is 10.2. The zero-order chi connectivity index (χ0) is 50.6. The van der Waals surface area contributed by atoms with Crippen molar-refractivity contribution in [1.29, 1.82) is 0 Å². The van der Waals surface area contributed by atoms with Crippen molar-refractivity contribution in [3.8, 4) is 0 Å². The van der Waals surface area contributed by atoms with Gasteiger partial charge in [0.2, 0.25) is 11.8 Å². The van der Waals surface area contributed by atoms with Crippen LogP contribution < -0.4 is 16.0 Å². The molecule has 0 aromatic carbocycles. The number of carboxylic acid groups (broad SMARTS) is 3. The van der Waals surface area contributed by atoms with E-state index in [4.69, 9.17) is 24.1 Å². The van der Waals surface area contributed by atoms with Crippen molar-refractivity contribution in [2.75, 3.05) is 72.2 Å². The third-order valence-electron chi connectivity index (χ3n) is 10.6. The molecule has 17 nitrogen and oxygen atoms in total. The largest absolute Gasteiger partial charge is 0.481 e. The average Bonchev–Trinajstić information content (AvgIpc) is 4.15. The van der Waals surface area contributed by atoms with E-state index in [0.717, 1.165) is 44.9 Å². The second-order valence-electron chi connectivity index (χ2n) is 16.7. The van der Waals surface area contributed by atoms with E-state index in [1.165, 1.54) is 44.9 Å². The third-order valence-corrected chi connectivity index (χ3v) is 19.8. The van der Waals surface area contributed by atoms with Gasteiger partial charge in [0.05, 0.1) is 39.0 Å². The molecule has 1 unspecified atom stereocenters. The van der Waals surface area contributed by atoms with Crippen LogP contribution in [0.25, 0.3) is 0 Å². The SMILES string of the molecule is CSSC(N[C@@H](CCCCNC(=O)COCCOCCCC(=O)COCCOCCNC(=O)CC[C@H](CC(=O)CCCCCCCCCCCCCCCCC(=O)O)C(=O)O)C(=O)O)SSC1SS1. The lowest BCUT2D eigenvalue weighted by Gasteiger charge is -2.21. The van der Waals surface area contributed by atoms with E-state index in [1.807, 2.05) is 6.26 Å². The Bertz CT molecular complexity index is 1410. The summed E-state index contributed by atoms with van der Waals surface area (Å²) in [6.07, 6.45) is 20.4. The van der Waals surface area contributed by atoms with Gasteiger partial charge in [-0.3, -0.25) is 38.9 Å². The summed E-state index contributed by atoms with van der Waals surface area (Å²) in [5, 5.41) is 36.6. The van der Waals surface area contributed by atoms with E-state index in [2.05, 4.69) is 16.0 Å². The second-order valence-corrected chi connectivity index (χ2v) is 25.4. The minimum atomic E-state index is -1.07. The Balaban J connectivity index is 1.92. The van der Waals surface area contributed by atoms with E-state index >= 15 is 0 Å². The molecule has 2 amide bonds. The van der Waals surface area contributed by atoms with Crippen LogP contribution in [0.1, 0.15) is 154 Å². The number of ketones is 2. The van der Waals surface area contributed by atoms with Crippen molar-refractivity contribution in [2.45, 2.75) is 169 Å². The predicted octanol–water partition coefficient (Wildman–Crippen LogP) is 8.97. The quantitative estimate of drug-likeness (QED) is 0.0144. The van der Waals surface area contributed by atoms with Crippen LogP contribution in [0.5, 0.6) is 0 Å². The van der Waals surface area contributed by atoms with E-state index in [0.29, 0.717) is 49.2 Å². The number of rotatable bonds is 53. The Hall–Kier alpha value is -1.41. The highest BCUT2D eigenvalue weighted by molar-refractivity contribution is 9.03. The minimum absolute atomic E-state index is 0.000944. The Labute approximate surface area is 434 Å². The van der Waals surface area contributed by atoms with Gasteiger partial charge in [0, 0.05) is 51.8 Å². The van der Waals surface area contributed by atoms with Crippen molar-refractivity contribution >= 4 is 106 Å². The Morgan fingerprint density at radius 1 is 0.522 bits per heavy atom. The number of carboxylic acids is 3. The van der Waals surface area contributed by atoms with E-state index in [1.54, 1.807) is 64.8 Å². The number of ether oxygens (including phenoxy) is 4. The van der Waals surface area contributed by atoms with E-state index < -0.39 is 29.9 Å². The van der Waals surface area contributed by atoms with Gasteiger partial charge in [0.1, 0.15) is 33.7 Å². The van der Waals surface area contributed by atoms with Crippen LogP contribution in [0.4, 0.5) is 0 Å². The van der Waals surface area contributed by atoms with Crippen LogP contribution in [-0.2, 0) is 52.5 Å². The molecule has 0 aromatic heterocycles. The van der Waals surface area contributed by atoms with Crippen LogP contribution in [0.3, 0.4) is 0 Å². The van der Waals surface area contributed by atoms with Crippen LogP contribution in [0.2, 0.25) is 0 Å². The molecule has 0 saturated carbocycles. The average molecular weight is 1090 g/mol. The van der Waals surface area contributed by atoms with Crippen LogP contribution in [0, 0.1) is 5.92 Å². The molecule has 69 heavy (non-hydrogen) atoms. The van der Waals surface area contributed by atoms with Gasteiger partial charge >= 0.3 is 17.9 Å². The van der Waals surface area contributed by atoms with Crippen LogP contribution >= 0.6 is 64.8 Å². The number of hydrogen-bond acceptors (Lipinski definition) is 18. The topological polar surface area (TPSA) is 253 Å². The molecule has 0 spiro atoms. The molecule has 1 saturated heterocycles. The Kier molecular flexibility index (Phi) is 44.1. The first kappa shape index (κ1) is 65.6. The fourth-order valence-electron chi connectivity index (χ4n) is 6.80. The molecule has 23 heteroatoms. The lowest BCUT2D eigenvalue weighted by molar-refractivity contribution is -0.144. The molecule has 0 aromatic rings. The number of amides is 2. The normalized spacial score (nSPS) is 13.7. The number of unbranched alkanes of at least 4 members (excludes halogenated alkanes) is 14. The first-order valence-electron chi connectivity index (χ1n) is 24.6. The van der Waals surface area contributed by atoms with Crippen LogP contribution in [-0.4, -0.2) is 143 Å². The summed E-state index contributed by atoms with van der Waals surface area (Å²) < 4.78 is 22.1. The van der Waals surface area contributed by atoms with Gasteiger partial charge in [0.25, 0.3) is 0 Å². The van der Waals surface area contributed by atoms with Gasteiger partial charge in [-0.1, -0.05) is 142 Å². The van der Waals surface area contributed by atoms with Gasteiger partial charge in [-0.15, -0.1) is 0 Å². The van der Waals surface area contributed by atoms with E-state index in [9.17, 15) is 43.8 Å². The maximum atomic E-state index is 12.5. The summed E-state index contributed by atoms with van der Waals surface area (Å²) in [4.78, 5) is 83.0. The first-order chi connectivity index (χ1) is 33.4. The van der Waals surface area contributed by atoms with Crippen molar-refractivity contribution in [3.05, 3.63) is 0 Å². The minimum Gasteiger partial charge on any atom is -0.481 e. The van der Waals surface area contributed by atoms with Crippen molar-refractivity contribution in [2.24, 2.45) is 5.92 Å². The molecule has 400 valence electrons. The summed E-state index contributed by atoms with van der Waals surface area (Å²) >= 11 is 0. The second kappa shape index (κ2) is 46.4. The number of Topliss-reactive ketones (excluding diaryl/α,β-unsaturated/α-hetero) is 2. The third kappa shape index (κ3) is 43.9. The number of nitrogens with one attached hydrogen (secondary N) is 3. The van der Waals surface area contributed by atoms with Gasteiger partial charge in [-0.25, -0.2) is 0 Å². The summed E-state index contributed by atoms with van der Waals surface area (Å²) in [5.74, 6) is -4.27.